The molecule has 1 atom stereocenters. The van der Waals surface area contributed by atoms with Gasteiger partial charge in [0.25, 0.3) is 11.8 Å². The minimum Gasteiger partial charge on any atom is -0.341 e. The number of carbonyl (C=O) groups excluding carboxylic acids is 3. The maximum atomic E-state index is 12.9. The van der Waals surface area contributed by atoms with Crippen LogP contribution in [0.5, 0.6) is 0 Å². The van der Waals surface area contributed by atoms with Gasteiger partial charge in [-0.2, -0.15) is 0 Å². The number of rotatable bonds is 7. The van der Waals surface area contributed by atoms with Crippen LogP contribution in [0.15, 0.2) is 24.3 Å². The number of hydrogen-bond acceptors (Lipinski definition) is 5. The van der Waals surface area contributed by atoms with Crippen molar-refractivity contribution in [3.8, 4) is 0 Å². The number of carbonyl (C=O) groups is 3. The molecule has 0 aromatic heterocycles. The van der Waals surface area contributed by atoms with Crippen LogP contribution in [-0.2, 0) is 14.8 Å². The van der Waals surface area contributed by atoms with Gasteiger partial charge in [0.2, 0.25) is 15.9 Å². The number of unbranched alkanes of at least 4 members (excludes halogenated alkanes) is 1. The molecular weight excluding hydrogens is 394 g/mol. The Morgan fingerprint density at radius 3 is 2.21 bits per heavy atom. The second-order valence-corrected chi connectivity index (χ2v) is 9.47. The average Bonchev–Trinajstić information content (AvgIpc) is 2.96. The van der Waals surface area contributed by atoms with Crippen LogP contribution in [0.4, 0.5) is 0 Å². The van der Waals surface area contributed by atoms with Crippen molar-refractivity contribution in [2.75, 3.05) is 18.8 Å². The first-order chi connectivity index (χ1) is 13.7. The first-order valence-electron chi connectivity index (χ1n) is 10.0. The Morgan fingerprint density at radius 2 is 1.69 bits per heavy atom. The van der Waals surface area contributed by atoms with Crippen LogP contribution in [0.25, 0.3) is 0 Å². The van der Waals surface area contributed by atoms with Crippen LogP contribution in [0.2, 0.25) is 0 Å². The Labute approximate surface area is 171 Å². The second-order valence-electron chi connectivity index (χ2n) is 7.59. The Bertz CT molecular complexity index is 871. The van der Waals surface area contributed by atoms with E-state index in [0.717, 1.165) is 11.3 Å². The zero-order valence-corrected chi connectivity index (χ0v) is 17.6. The van der Waals surface area contributed by atoms with Crippen molar-refractivity contribution in [2.45, 2.75) is 51.6 Å². The number of likely N-dealkylation sites (tertiary alicyclic amines) is 1. The molecule has 8 nitrogen and oxygen atoms in total. The summed E-state index contributed by atoms with van der Waals surface area (Å²) < 4.78 is 26.8. The van der Waals surface area contributed by atoms with E-state index in [1.807, 2.05) is 6.92 Å². The molecule has 2 aliphatic rings. The van der Waals surface area contributed by atoms with E-state index in [2.05, 4.69) is 4.72 Å². The van der Waals surface area contributed by atoms with Crippen LogP contribution < -0.4 is 4.72 Å². The summed E-state index contributed by atoms with van der Waals surface area (Å²) in [6.45, 7) is 4.26. The predicted molar refractivity (Wildman–Crippen MR) is 108 cm³/mol. The molecule has 0 radical (unpaired) electrons. The lowest BCUT2D eigenvalue weighted by Gasteiger charge is -2.35. The molecule has 3 amide bonds. The van der Waals surface area contributed by atoms with Gasteiger partial charge in [-0.25, -0.2) is 13.1 Å². The minimum absolute atomic E-state index is 0.111. The lowest BCUT2D eigenvalue weighted by Crippen LogP contribution is -2.53. The van der Waals surface area contributed by atoms with E-state index >= 15 is 0 Å². The van der Waals surface area contributed by atoms with Gasteiger partial charge in [0, 0.05) is 19.1 Å². The van der Waals surface area contributed by atoms with Crippen molar-refractivity contribution < 1.29 is 22.8 Å². The average molecular weight is 422 g/mol. The summed E-state index contributed by atoms with van der Waals surface area (Å²) in [6.07, 6.45) is 2.44. The number of imide groups is 1. The number of piperidine rings is 1. The fraction of sp³-hybridized carbons (Fsp3) is 0.550. The molecule has 0 saturated carbocycles. The van der Waals surface area contributed by atoms with Gasteiger partial charge >= 0.3 is 0 Å². The number of nitrogens with one attached hydrogen (secondary N) is 1. The van der Waals surface area contributed by atoms with Gasteiger partial charge in [0.05, 0.1) is 16.9 Å². The highest BCUT2D eigenvalue weighted by Gasteiger charge is 2.42. The molecule has 0 aliphatic carbocycles. The summed E-state index contributed by atoms with van der Waals surface area (Å²) in [5, 5.41) is 0. The molecule has 2 aliphatic heterocycles. The summed E-state index contributed by atoms with van der Waals surface area (Å²) >= 11 is 0. The van der Waals surface area contributed by atoms with Crippen molar-refractivity contribution in [3.63, 3.8) is 0 Å². The third-order valence-corrected chi connectivity index (χ3v) is 7.01. The Kier molecular flexibility index (Phi) is 6.38. The summed E-state index contributed by atoms with van der Waals surface area (Å²) in [4.78, 5) is 40.7. The summed E-state index contributed by atoms with van der Waals surface area (Å²) in [5.41, 5.74) is 0.634. The highest BCUT2D eigenvalue weighted by Crippen LogP contribution is 2.25. The first kappa shape index (κ1) is 21.4. The zero-order valence-electron chi connectivity index (χ0n) is 16.8. The van der Waals surface area contributed by atoms with E-state index in [1.54, 1.807) is 36.1 Å². The zero-order chi connectivity index (χ0) is 21.2. The Morgan fingerprint density at radius 1 is 1.14 bits per heavy atom. The van der Waals surface area contributed by atoms with Gasteiger partial charge in [-0.15, -0.1) is 0 Å². The van der Waals surface area contributed by atoms with E-state index in [9.17, 15) is 22.8 Å². The molecule has 1 aromatic carbocycles. The lowest BCUT2D eigenvalue weighted by molar-refractivity contribution is -0.136. The van der Waals surface area contributed by atoms with E-state index in [1.165, 1.54) is 0 Å². The third-order valence-electron chi connectivity index (χ3n) is 5.49. The molecule has 0 bridgehead atoms. The van der Waals surface area contributed by atoms with Gasteiger partial charge in [0.15, 0.2) is 0 Å². The number of amides is 3. The standard InChI is InChI=1S/C20H27N3O5S/c1-3-4-13-29(27,28)21-15-9-11-22(12-10-15)18(24)14(2)23-19(25)16-7-5-6-8-17(16)20(23)26/h5-8,14-15,21H,3-4,9-13H2,1-2H3. The molecule has 1 unspecified atom stereocenters. The fourth-order valence-electron chi connectivity index (χ4n) is 3.80. The largest absolute Gasteiger partial charge is 0.341 e. The van der Waals surface area contributed by atoms with Gasteiger partial charge in [-0.05, 0) is 38.3 Å². The molecule has 9 heteroatoms. The smallest absolute Gasteiger partial charge is 0.262 e. The summed E-state index contributed by atoms with van der Waals surface area (Å²) in [5.74, 6) is -1.10. The molecular formula is C20H27N3O5S. The number of hydrogen-bond donors (Lipinski definition) is 1. The van der Waals surface area contributed by atoms with E-state index < -0.39 is 27.9 Å². The molecule has 158 valence electrons. The molecule has 29 heavy (non-hydrogen) atoms. The van der Waals surface area contributed by atoms with Crippen LogP contribution in [0.3, 0.4) is 0 Å². The molecule has 0 spiro atoms. The van der Waals surface area contributed by atoms with E-state index in [-0.39, 0.29) is 17.7 Å². The molecule has 3 rings (SSSR count). The maximum absolute atomic E-state index is 12.9. The molecule has 2 heterocycles. The van der Waals surface area contributed by atoms with Gasteiger partial charge in [-0.3, -0.25) is 19.3 Å². The third kappa shape index (κ3) is 4.51. The molecule has 1 aromatic rings. The van der Waals surface area contributed by atoms with E-state index in [0.29, 0.717) is 43.5 Å². The number of sulfonamides is 1. The van der Waals surface area contributed by atoms with Crippen LogP contribution in [-0.4, -0.2) is 66.9 Å². The maximum Gasteiger partial charge on any atom is 0.262 e. The van der Waals surface area contributed by atoms with Crippen molar-refractivity contribution in [1.29, 1.82) is 0 Å². The summed E-state index contributed by atoms with van der Waals surface area (Å²) in [7, 11) is -3.31. The fourth-order valence-corrected chi connectivity index (χ4v) is 5.33. The van der Waals surface area contributed by atoms with E-state index in [4.69, 9.17) is 0 Å². The van der Waals surface area contributed by atoms with Crippen molar-refractivity contribution in [2.24, 2.45) is 0 Å². The number of nitrogens with zero attached hydrogens (tertiary/aromatic N) is 2. The topological polar surface area (TPSA) is 104 Å². The molecule has 1 saturated heterocycles. The van der Waals surface area contributed by atoms with Crippen LogP contribution in [0, 0.1) is 0 Å². The second kappa shape index (κ2) is 8.62. The lowest BCUT2D eigenvalue weighted by atomic mass is 10.1. The highest BCUT2D eigenvalue weighted by molar-refractivity contribution is 7.89. The van der Waals surface area contributed by atoms with Gasteiger partial charge in [-0.1, -0.05) is 25.5 Å². The SMILES string of the molecule is CCCCS(=O)(=O)NC1CCN(C(=O)C(C)N2C(=O)c3ccccc3C2=O)CC1. The van der Waals surface area contributed by atoms with Crippen molar-refractivity contribution in [1.82, 2.24) is 14.5 Å². The summed E-state index contributed by atoms with van der Waals surface area (Å²) in [6, 6.07) is 5.44. The quantitative estimate of drug-likeness (QED) is 0.670. The van der Waals surface area contributed by atoms with Gasteiger partial charge < -0.3 is 4.90 Å². The van der Waals surface area contributed by atoms with Gasteiger partial charge in [0.1, 0.15) is 6.04 Å². The number of benzene rings is 1. The van der Waals surface area contributed by atoms with Crippen molar-refractivity contribution in [3.05, 3.63) is 35.4 Å². The number of fused-ring (bicyclic) bond motifs is 1. The van der Waals surface area contributed by atoms with Crippen LogP contribution in [0.1, 0.15) is 60.2 Å². The highest BCUT2D eigenvalue weighted by atomic mass is 32.2. The normalized spacial score (nSPS) is 18.8. The molecule has 1 N–H and O–H groups in total. The molecule has 1 fully saturated rings. The van der Waals surface area contributed by atoms with Crippen molar-refractivity contribution >= 4 is 27.7 Å². The van der Waals surface area contributed by atoms with Crippen LogP contribution >= 0.6 is 0 Å². The first-order valence-corrected chi connectivity index (χ1v) is 11.7. The Hall–Kier alpha value is -2.26. The monoisotopic (exact) mass is 421 g/mol. The predicted octanol–water partition coefficient (Wildman–Crippen LogP) is 1.38. The Balaban J connectivity index is 1.59. The minimum atomic E-state index is -3.31.